The van der Waals surface area contributed by atoms with E-state index in [1.54, 1.807) is 51.1 Å². The Morgan fingerprint density at radius 2 is 1.08 bits per heavy atom. The van der Waals surface area contributed by atoms with E-state index in [4.69, 9.17) is 14.2 Å². The van der Waals surface area contributed by atoms with Gasteiger partial charge < -0.3 is 14.2 Å². The Kier molecular flexibility index (Phi) is 9.18. The van der Waals surface area contributed by atoms with Crippen LogP contribution >= 0.6 is 0 Å². The van der Waals surface area contributed by atoms with Gasteiger partial charge in [0.2, 0.25) is 0 Å². The van der Waals surface area contributed by atoms with Crippen LogP contribution < -0.4 is 14.2 Å². The molecule has 198 valence electrons. The monoisotopic (exact) mass is 522 g/mol. The van der Waals surface area contributed by atoms with Crippen LogP contribution in [0.4, 0.5) is 0 Å². The van der Waals surface area contributed by atoms with E-state index in [9.17, 15) is 14.4 Å². The molecule has 3 aromatic rings. The molecule has 6 heteroatoms. The second kappa shape index (κ2) is 12.5. The van der Waals surface area contributed by atoms with Crippen LogP contribution in [-0.4, -0.2) is 17.9 Å². The minimum absolute atomic E-state index is 0.275. The maximum atomic E-state index is 12.4. The second-order valence-electron chi connectivity index (χ2n) is 9.14. The number of esters is 3. The molecule has 0 amide bonds. The molecular weight excluding hydrogens is 492 g/mol. The molecule has 0 aliphatic carbocycles. The first kappa shape index (κ1) is 28.6. The molecule has 0 bridgehead atoms. The highest BCUT2D eigenvalue weighted by molar-refractivity contribution is 5.91. The van der Waals surface area contributed by atoms with E-state index in [2.05, 4.69) is 19.7 Å². The quantitative estimate of drug-likeness (QED) is 0.127. The van der Waals surface area contributed by atoms with Crippen LogP contribution in [0.1, 0.15) is 37.5 Å². The molecule has 6 nitrogen and oxygen atoms in total. The molecule has 39 heavy (non-hydrogen) atoms. The van der Waals surface area contributed by atoms with Crippen LogP contribution in [0, 0.1) is 6.92 Å². The van der Waals surface area contributed by atoms with Crippen molar-refractivity contribution in [3.63, 3.8) is 0 Å². The standard InChI is InChI=1S/C33H30O6/c1-20(2)31(34)37-27-13-8-24(9-14-27)10-17-29-23(7)18-26(19-30(29)39-33(36)22(5)6)25-11-15-28(16-12-25)38-32(35)21(3)4/h8-19H,1,3,5H2,2,4,6-7H3/b17-10+. The number of benzene rings is 3. The summed E-state index contributed by atoms with van der Waals surface area (Å²) >= 11 is 0. The zero-order valence-corrected chi connectivity index (χ0v) is 22.5. The van der Waals surface area contributed by atoms with Crippen LogP contribution in [0.25, 0.3) is 23.3 Å². The number of aryl methyl sites for hydroxylation is 1. The first-order chi connectivity index (χ1) is 18.4. The third kappa shape index (κ3) is 7.76. The van der Waals surface area contributed by atoms with Crippen molar-refractivity contribution in [1.29, 1.82) is 0 Å². The summed E-state index contributed by atoms with van der Waals surface area (Å²) in [6.45, 7) is 17.5. The number of carbonyl (C=O) groups excluding carboxylic acids is 3. The van der Waals surface area contributed by atoms with Gasteiger partial charge in [-0.25, -0.2) is 14.4 Å². The Morgan fingerprint density at radius 3 is 1.56 bits per heavy atom. The number of hydrogen-bond donors (Lipinski definition) is 0. The van der Waals surface area contributed by atoms with Crippen LogP contribution in [0.3, 0.4) is 0 Å². The van der Waals surface area contributed by atoms with E-state index in [1.165, 1.54) is 0 Å². The summed E-state index contributed by atoms with van der Waals surface area (Å²) in [7, 11) is 0. The van der Waals surface area contributed by atoms with E-state index in [0.717, 1.165) is 27.8 Å². The maximum absolute atomic E-state index is 12.4. The number of rotatable bonds is 9. The first-order valence-corrected chi connectivity index (χ1v) is 12.1. The summed E-state index contributed by atoms with van der Waals surface area (Å²) in [5, 5.41) is 0. The van der Waals surface area contributed by atoms with Crippen molar-refractivity contribution in [2.24, 2.45) is 0 Å². The summed E-state index contributed by atoms with van der Waals surface area (Å²) in [6, 6.07) is 17.8. The van der Waals surface area contributed by atoms with Gasteiger partial charge >= 0.3 is 17.9 Å². The van der Waals surface area contributed by atoms with Crippen LogP contribution in [0.5, 0.6) is 17.2 Å². The van der Waals surface area contributed by atoms with Crippen molar-refractivity contribution in [2.75, 3.05) is 0 Å². The predicted molar refractivity (Wildman–Crippen MR) is 153 cm³/mol. The highest BCUT2D eigenvalue weighted by Crippen LogP contribution is 2.33. The van der Waals surface area contributed by atoms with Gasteiger partial charge in [0.05, 0.1) is 0 Å². The average molecular weight is 523 g/mol. The third-order valence-corrected chi connectivity index (χ3v) is 5.53. The normalized spacial score (nSPS) is 10.6. The fourth-order valence-electron chi connectivity index (χ4n) is 3.35. The van der Waals surface area contributed by atoms with Crippen LogP contribution in [0.15, 0.2) is 97.1 Å². The molecule has 0 aliphatic rings. The van der Waals surface area contributed by atoms with Gasteiger partial charge in [-0.3, -0.25) is 0 Å². The third-order valence-electron chi connectivity index (χ3n) is 5.53. The summed E-state index contributed by atoms with van der Waals surface area (Å²) in [5.74, 6) is -0.327. The number of hydrogen-bond acceptors (Lipinski definition) is 6. The van der Waals surface area contributed by atoms with Crippen molar-refractivity contribution in [1.82, 2.24) is 0 Å². The molecule has 0 saturated carbocycles. The Morgan fingerprint density at radius 1 is 0.615 bits per heavy atom. The highest BCUT2D eigenvalue weighted by atomic mass is 16.5. The van der Waals surface area contributed by atoms with E-state index < -0.39 is 17.9 Å². The fourth-order valence-corrected chi connectivity index (χ4v) is 3.35. The SMILES string of the molecule is C=C(C)C(=O)Oc1ccc(/C=C/c2c(C)cc(-c3ccc(OC(=O)C(=C)C)cc3)cc2OC(=O)C(=C)C)cc1. The largest absolute Gasteiger partial charge is 0.423 e. The minimum Gasteiger partial charge on any atom is -0.423 e. The van der Waals surface area contributed by atoms with Gasteiger partial charge in [-0.1, -0.05) is 62.2 Å². The molecule has 3 aromatic carbocycles. The zero-order valence-electron chi connectivity index (χ0n) is 22.5. The average Bonchev–Trinajstić information content (AvgIpc) is 2.89. The Hall–Kier alpha value is -4.97. The van der Waals surface area contributed by atoms with Crippen molar-refractivity contribution >= 4 is 30.1 Å². The lowest BCUT2D eigenvalue weighted by Crippen LogP contribution is -2.09. The van der Waals surface area contributed by atoms with Gasteiger partial charge in [0.1, 0.15) is 17.2 Å². The molecule has 0 N–H and O–H groups in total. The van der Waals surface area contributed by atoms with Crippen molar-refractivity contribution in [2.45, 2.75) is 27.7 Å². The lowest BCUT2D eigenvalue weighted by molar-refractivity contribution is -0.130. The van der Waals surface area contributed by atoms with E-state index in [-0.39, 0.29) is 5.57 Å². The van der Waals surface area contributed by atoms with E-state index in [0.29, 0.717) is 28.4 Å². The first-order valence-electron chi connectivity index (χ1n) is 12.1. The topological polar surface area (TPSA) is 78.9 Å². The zero-order chi connectivity index (χ0) is 28.7. The molecule has 3 rings (SSSR count). The molecule has 0 atom stereocenters. The van der Waals surface area contributed by atoms with Gasteiger partial charge in [0.15, 0.2) is 0 Å². The molecule has 0 radical (unpaired) electrons. The summed E-state index contributed by atoms with van der Waals surface area (Å²) in [6.07, 6.45) is 3.73. The summed E-state index contributed by atoms with van der Waals surface area (Å²) < 4.78 is 16.2. The molecular formula is C33H30O6. The van der Waals surface area contributed by atoms with Crippen molar-refractivity contribution < 1.29 is 28.6 Å². The van der Waals surface area contributed by atoms with Crippen molar-refractivity contribution in [3.8, 4) is 28.4 Å². The van der Waals surface area contributed by atoms with E-state index in [1.807, 2.05) is 49.4 Å². The molecule has 0 saturated heterocycles. The highest BCUT2D eigenvalue weighted by Gasteiger charge is 2.14. The summed E-state index contributed by atoms with van der Waals surface area (Å²) in [5.41, 5.74) is 5.01. The van der Waals surface area contributed by atoms with Gasteiger partial charge in [-0.2, -0.15) is 0 Å². The summed E-state index contributed by atoms with van der Waals surface area (Å²) in [4.78, 5) is 35.9. The molecule has 0 heterocycles. The predicted octanol–water partition coefficient (Wildman–Crippen LogP) is 7.28. The van der Waals surface area contributed by atoms with E-state index >= 15 is 0 Å². The molecule has 0 aromatic heterocycles. The number of ether oxygens (including phenoxy) is 3. The Balaban J connectivity index is 1.92. The van der Waals surface area contributed by atoms with Gasteiger partial charge in [0, 0.05) is 22.3 Å². The second-order valence-corrected chi connectivity index (χ2v) is 9.14. The molecule has 0 fully saturated rings. The maximum Gasteiger partial charge on any atom is 0.338 e. The Bertz CT molecular complexity index is 1490. The fraction of sp³-hybridized carbons (Fsp3) is 0.121. The number of carbonyl (C=O) groups is 3. The molecule has 0 aliphatic heterocycles. The Labute approximate surface area is 228 Å². The van der Waals surface area contributed by atoms with Gasteiger partial charge in [-0.15, -0.1) is 0 Å². The lowest BCUT2D eigenvalue weighted by atomic mass is 9.98. The smallest absolute Gasteiger partial charge is 0.338 e. The van der Waals surface area contributed by atoms with Crippen LogP contribution in [0.2, 0.25) is 0 Å². The minimum atomic E-state index is -0.535. The van der Waals surface area contributed by atoms with Gasteiger partial charge in [0.25, 0.3) is 0 Å². The van der Waals surface area contributed by atoms with Crippen LogP contribution in [-0.2, 0) is 14.4 Å². The molecule has 0 unspecified atom stereocenters. The van der Waals surface area contributed by atoms with Gasteiger partial charge in [-0.05, 0) is 80.3 Å². The molecule has 0 spiro atoms. The van der Waals surface area contributed by atoms with Crippen molar-refractivity contribution in [3.05, 3.63) is 114 Å². The lowest BCUT2D eigenvalue weighted by Gasteiger charge is -2.14.